The van der Waals surface area contributed by atoms with Crippen LogP contribution in [0.4, 0.5) is 13.2 Å². The molecule has 114 valence electrons. The zero-order valence-corrected chi connectivity index (χ0v) is 12.0. The van der Waals surface area contributed by atoms with Gasteiger partial charge in [-0.2, -0.15) is 13.2 Å². The van der Waals surface area contributed by atoms with Gasteiger partial charge in [0.1, 0.15) is 0 Å². The number of piperidine rings is 1. The molecule has 0 aromatic rings. The molecule has 2 nitrogen and oxygen atoms in total. The highest BCUT2D eigenvalue weighted by Crippen LogP contribution is 2.33. The van der Waals surface area contributed by atoms with Crippen molar-refractivity contribution in [2.24, 2.45) is 17.6 Å². The first-order chi connectivity index (χ1) is 8.79. The van der Waals surface area contributed by atoms with Crippen molar-refractivity contribution in [1.82, 2.24) is 4.90 Å². The van der Waals surface area contributed by atoms with E-state index in [9.17, 15) is 13.2 Å². The van der Waals surface area contributed by atoms with Gasteiger partial charge in [-0.3, -0.25) is 0 Å². The fraction of sp³-hybridized carbons (Fsp3) is 1.00. The summed E-state index contributed by atoms with van der Waals surface area (Å²) >= 11 is 0. The molecule has 0 aromatic heterocycles. The van der Waals surface area contributed by atoms with E-state index in [1.54, 1.807) is 0 Å². The van der Waals surface area contributed by atoms with Crippen LogP contribution >= 0.6 is 0 Å². The van der Waals surface area contributed by atoms with Crippen LogP contribution in [0.25, 0.3) is 0 Å². The van der Waals surface area contributed by atoms with E-state index in [4.69, 9.17) is 5.73 Å². The van der Waals surface area contributed by atoms with E-state index >= 15 is 0 Å². The largest absolute Gasteiger partial charge is 0.393 e. The molecule has 19 heavy (non-hydrogen) atoms. The standard InChI is InChI=1S/C14H27F3N2/c1-11(5-3-6-12(2)18)9-19-8-4-7-13(10-19)14(15,16)17/h11-13H,3-10,18H2,1-2H3. The summed E-state index contributed by atoms with van der Waals surface area (Å²) < 4.78 is 38.1. The van der Waals surface area contributed by atoms with Crippen molar-refractivity contribution in [3.05, 3.63) is 0 Å². The Balaban J connectivity index is 2.28. The molecular weight excluding hydrogens is 253 g/mol. The average molecular weight is 280 g/mol. The number of nitrogens with zero attached hydrogens (tertiary/aromatic N) is 1. The minimum Gasteiger partial charge on any atom is -0.328 e. The molecule has 0 amide bonds. The normalized spacial score (nSPS) is 25.3. The van der Waals surface area contributed by atoms with Crippen LogP contribution in [-0.4, -0.2) is 36.8 Å². The molecule has 2 N–H and O–H groups in total. The summed E-state index contributed by atoms with van der Waals surface area (Å²) in [5.74, 6) is -0.678. The minimum atomic E-state index is -4.03. The highest BCUT2D eigenvalue weighted by Gasteiger charge is 2.41. The van der Waals surface area contributed by atoms with Gasteiger partial charge in [0.2, 0.25) is 0 Å². The SMILES string of the molecule is CC(N)CCCC(C)CN1CCCC(C(F)(F)F)C1. The van der Waals surface area contributed by atoms with E-state index in [2.05, 4.69) is 6.92 Å². The molecule has 1 heterocycles. The second-order valence-corrected chi connectivity index (χ2v) is 6.15. The van der Waals surface area contributed by atoms with Crippen LogP contribution in [0.3, 0.4) is 0 Å². The van der Waals surface area contributed by atoms with E-state index < -0.39 is 12.1 Å². The lowest BCUT2D eigenvalue weighted by Gasteiger charge is -2.35. The van der Waals surface area contributed by atoms with Crippen LogP contribution in [0.5, 0.6) is 0 Å². The lowest BCUT2D eigenvalue weighted by Crippen LogP contribution is -2.43. The third-order valence-electron chi connectivity index (χ3n) is 3.89. The number of halogens is 3. The van der Waals surface area contributed by atoms with Gasteiger partial charge in [0.25, 0.3) is 0 Å². The molecule has 0 aromatic carbocycles. The summed E-state index contributed by atoms with van der Waals surface area (Å²) in [5, 5.41) is 0. The maximum absolute atomic E-state index is 12.7. The molecule has 3 unspecified atom stereocenters. The van der Waals surface area contributed by atoms with Crippen molar-refractivity contribution >= 4 is 0 Å². The molecular formula is C14H27F3N2. The molecule has 0 radical (unpaired) electrons. The van der Waals surface area contributed by atoms with Crippen molar-refractivity contribution in [2.75, 3.05) is 19.6 Å². The van der Waals surface area contributed by atoms with E-state index in [0.717, 1.165) is 32.4 Å². The topological polar surface area (TPSA) is 29.3 Å². The van der Waals surface area contributed by atoms with Gasteiger partial charge >= 0.3 is 6.18 Å². The summed E-state index contributed by atoms with van der Waals surface area (Å²) in [4.78, 5) is 1.98. The predicted octanol–water partition coefficient (Wildman–Crippen LogP) is 3.41. The first-order valence-electron chi connectivity index (χ1n) is 7.33. The Morgan fingerprint density at radius 1 is 1.26 bits per heavy atom. The first-order valence-corrected chi connectivity index (χ1v) is 7.33. The molecule has 0 aliphatic carbocycles. The van der Waals surface area contributed by atoms with E-state index in [1.807, 2.05) is 11.8 Å². The second-order valence-electron chi connectivity index (χ2n) is 6.15. The number of nitrogens with two attached hydrogens (primary N) is 1. The maximum atomic E-state index is 12.7. The summed E-state index contributed by atoms with van der Waals surface area (Å²) in [5.41, 5.74) is 5.69. The summed E-state index contributed by atoms with van der Waals surface area (Å²) in [6.45, 7) is 5.89. The van der Waals surface area contributed by atoms with Crippen molar-refractivity contribution < 1.29 is 13.2 Å². The van der Waals surface area contributed by atoms with Crippen LogP contribution in [0.2, 0.25) is 0 Å². The minimum absolute atomic E-state index is 0.182. The molecule has 0 spiro atoms. The van der Waals surface area contributed by atoms with Gasteiger partial charge in [0.15, 0.2) is 0 Å². The van der Waals surface area contributed by atoms with Crippen LogP contribution < -0.4 is 5.73 Å². The van der Waals surface area contributed by atoms with Crippen molar-refractivity contribution in [2.45, 2.75) is 58.2 Å². The van der Waals surface area contributed by atoms with Crippen LogP contribution in [0.15, 0.2) is 0 Å². The van der Waals surface area contributed by atoms with Crippen LogP contribution in [0, 0.1) is 11.8 Å². The third kappa shape index (κ3) is 6.61. The van der Waals surface area contributed by atoms with Gasteiger partial charge in [-0.05, 0) is 45.1 Å². The molecule has 5 heteroatoms. The average Bonchev–Trinajstić information content (AvgIpc) is 2.27. The molecule has 1 aliphatic heterocycles. The molecule has 0 bridgehead atoms. The summed E-state index contributed by atoms with van der Waals surface area (Å²) in [6.07, 6.45) is 0.0340. The number of likely N-dealkylation sites (tertiary alicyclic amines) is 1. The van der Waals surface area contributed by atoms with E-state index in [0.29, 0.717) is 18.8 Å². The molecule has 1 fully saturated rings. The monoisotopic (exact) mass is 280 g/mol. The molecule has 1 aliphatic rings. The first kappa shape index (κ1) is 16.8. The van der Waals surface area contributed by atoms with Gasteiger partial charge in [0, 0.05) is 19.1 Å². The number of alkyl halides is 3. The fourth-order valence-corrected chi connectivity index (χ4v) is 2.81. The summed E-state index contributed by atoms with van der Waals surface area (Å²) in [6, 6.07) is 0.219. The number of hydrogen-bond acceptors (Lipinski definition) is 2. The van der Waals surface area contributed by atoms with Crippen molar-refractivity contribution in [3.63, 3.8) is 0 Å². The Hall–Kier alpha value is -0.290. The lowest BCUT2D eigenvalue weighted by molar-refractivity contribution is -0.187. The maximum Gasteiger partial charge on any atom is 0.393 e. The predicted molar refractivity (Wildman–Crippen MR) is 71.9 cm³/mol. The zero-order valence-electron chi connectivity index (χ0n) is 12.0. The summed E-state index contributed by atoms with van der Waals surface area (Å²) in [7, 11) is 0. The molecule has 0 saturated carbocycles. The van der Waals surface area contributed by atoms with Gasteiger partial charge < -0.3 is 10.6 Å². The Morgan fingerprint density at radius 3 is 2.53 bits per heavy atom. The van der Waals surface area contributed by atoms with E-state index in [1.165, 1.54) is 0 Å². The van der Waals surface area contributed by atoms with Crippen molar-refractivity contribution in [1.29, 1.82) is 0 Å². The molecule has 3 atom stereocenters. The highest BCUT2D eigenvalue weighted by molar-refractivity contribution is 4.78. The number of rotatable bonds is 6. The smallest absolute Gasteiger partial charge is 0.328 e. The second kappa shape index (κ2) is 7.48. The zero-order chi connectivity index (χ0) is 14.5. The Morgan fingerprint density at radius 2 is 1.95 bits per heavy atom. The molecule has 1 saturated heterocycles. The van der Waals surface area contributed by atoms with Gasteiger partial charge in [0.05, 0.1) is 5.92 Å². The lowest BCUT2D eigenvalue weighted by atomic mass is 9.95. The Bertz CT molecular complexity index is 254. The van der Waals surface area contributed by atoms with Gasteiger partial charge in [-0.25, -0.2) is 0 Å². The third-order valence-corrected chi connectivity index (χ3v) is 3.89. The van der Waals surface area contributed by atoms with Gasteiger partial charge in [-0.15, -0.1) is 0 Å². The highest BCUT2D eigenvalue weighted by atomic mass is 19.4. The Kier molecular flexibility index (Phi) is 6.60. The van der Waals surface area contributed by atoms with Crippen molar-refractivity contribution in [3.8, 4) is 0 Å². The number of hydrogen-bond donors (Lipinski definition) is 1. The van der Waals surface area contributed by atoms with Gasteiger partial charge in [-0.1, -0.05) is 13.3 Å². The fourth-order valence-electron chi connectivity index (χ4n) is 2.81. The van der Waals surface area contributed by atoms with E-state index in [-0.39, 0.29) is 12.6 Å². The van der Waals surface area contributed by atoms with Crippen LogP contribution in [0.1, 0.15) is 46.0 Å². The Labute approximate surface area is 114 Å². The quantitative estimate of drug-likeness (QED) is 0.808. The van der Waals surface area contributed by atoms with Crippen LogP contribution in [-0.2, 0) is 0 Å². The molecule has 1 rings (SSSR count).